The Kier molecular flexibility index (Phi) is 3.65. The largest absolute Gasteiger partial charge is 0.324 e. The summed E-state index contributed by atoms with van der Waals surface area (Å²) in [6.07, 6.45) is 3.60. The van der Waals surface area contributed by atoms with Crippen molar-refractivity contribution in [3.05, 3.63) is 36.5 Å². The molecule has 0 unspecified atom stereocenters. The third-order valence-corrected chi connectivity index (χ3v) is 3.95. The Hall–Kier alpha value is -1.94. The number of nitrogens with one attached hydrogen (secondary N) is 1. The number of nitrogens with zero attached hydrogens (tertiary/aromatic N) is 2. The number of aromatic nitrogens is 1. The fraction of sp³-hybridized carbons (Fsp3) is 0.375. The van der Waals surface area contributed by atoms with Crippen LogP contribution in [0, 0.1) is 5.92 Å². The van der Waals surface area contributed by atoms with Crippen LogP contribution in [0.15, 0.2) is 36.5 Å². The number of para-hydroxylation sites is 1. The molecule has 1 aromatic carbocycles. The highest BCUT2D eigenvalue weighted by atomic mass is 16.1. The van der Waals surface area contributed by atoms with Gasteiger partial charge in [-0.1, -0.05) is 18.2 Å². The van der Waals surface area contributed by atoms with Gasteiger partial charge in [-0.3, -0.25) is 9.78 Å². The van der Waals surface area contributed by atoms with E-state index in [4.69, 9.17) is 0 Å². The summed E-state index contributed by atoms with van der Waals surface area (Å²) in [5.41, 5.74) is 1.73. The zero-order chi connectivity index (χ0) is 13.9. The molecule has 1 fully saturated rings. The molecule has 2 aromatic rings. The van der Waals surface area contributed by atoms with E-state index in [-0.39, 0.29) is 11.8 Å². The Morgan fingerprint density at radius 2 is 2.05 bits per heavy atom. The van der Waals surface area contributed by atoms with Crippen molar-refractivity contribution in [2.24, 2.45) is 5.92 Å². The molecule has 3 rings (SSSR count). The molecule has 2 heterocycles. The monoisotopic (exact) mass is 269 g/mol. The number of carbonyl (C=O) groups excluding carboxylic acids is 1. The Morgan fingerprint density at radius 3 is 2.85 bits per heavy atom. The van der Waals surface area contributed by atoms with Gasteiger partial charge in [0, 0.05) is 11.3 Å². The number of carbonyl (C=O) groups is 1. The fourth-order valence-electron chi connectivity index (χ4n) is 2.65. The second kappa shape index (κ2) is 5.59. The summed E-state index contributed by atoms with van der Waals surface area (Å²) in [6, 6.07) is 9.90. The average Bonchev–Trinajstić information content (AvgIpc) is 2.48. The number of pyridine rings is 1. The molecule has 0 spiro atoms. The number of rotatable bonds is 2. The van der Waals surface area contributed by atoms with E-state index in [1.54, 1.807) is 6.20 Å². The maximum Gasteiger partial charge on any atom is 0.227 e. The number of benzene rings is 1. The lowest BCUT2D eigenvalue weighted by molar-refractivity contribution is -0.121. The van der Waals surface area contributed by atoms with Crippen LogP contribution in [0.5, 0.6) is 0 Å². The molecule has 1 aliphatic heterocycles. The van der Waals surface area contributed by atoms with Gasteiger partial charge in [-0.05, 0) is 45.1 Å². The van der Waals surface area contributed by atoms with E-state index in [0.717, 1.165) is 42.5 Å². The first kappa shape index (κ1) is 13.1. The van der Waals surface area contributed by atoms with Crippen LogP contribution in [0.25, 0.3) is 10.9 Å². The number of anilines is 1. The molecule has 0 atom stereocenters. The van der Waals surface area contributed by atoms with Crippen LogP contribution in [0.4, 0.5) is 5.69 Å². The first-order chi connectivity index (χ1) is 9.72. The predicted molar refractivity (Wildman–Crippen MR) is 80.6 cm³/mol. The third kappa shape index (κ3) is 2.80. The number of hydrogen-bond acceptors (Lipinski definition) is 3. The molecule has 4 nitrogen and oxygen atoms in total. The zero-order valence-electron chi connectivity index (χ0n) is 11.7. The molecule has 104 valence electrons. The van der Waals surface area contributed by atoms with Crippen LogP contribution in [-0.2, 0) is 4.79 Å². The van der Waals surface area contributed by atoms with Crippen LogP contribution < -0.4 is 5.32 Å². The van der Waals surface area contributed by atoms with Gasteiger partial charge >= 0.3 is 0 Å². The predicted octanol–water partition coefficient (Wildman–Crippen LogP) is 2.52. The van der Waals surface area contributed by atoms with Crippen molar-refractivity contribution in [3.63, 3.8) is 0 Å². The molecule has 0 radical (unpaired) electrons. The van der Waals surface area contributed by atoms with E-state index in [1.165, 1.54) is 0 Å². The molecular weight excluding hydrogens is 250 g/mol. The van der Waals surface area contributed by atoms with E-state index in [2.05, 4.69) is 22.2 Å². The van der Waals surface area contributed by atoms with Gasteiger partial charge in [0.25, 0.3) is 0 Å². The number of fused-ring (bicyclic) bond motifs is 1. The molecule has 1 aliphatic rings. The smallest absolute Gasteiger partial charge is 0.227 e. The van der Waals surface area contributed by atoms with E-state index >= 15 is 0 Å². The fourth-order valence-corrected chi connectivity index (χ4v) is 2.65. The van der Waals surface area contributed by atoms with Gasteiger partial charge in [0.15, 0.2) is 0 Å². The third-order valence-electron chi connectivity index (χ3n) is 3.95. The zero-order valence-corrected chi connectivity index (χ0v) is 11.7. The normalized spacial score (nSPS) is 17.2. The lowest BCUT2D eigenvalue weighted by Gasteiger charge is -2.28. The summed E-state index contributed by atoms with van der Waals surface area (Å²) >= 11 is 0. The Bertz CT molecular complexity index is 618. The SMILES string of the molecule is CN1CCC(C(=O)Nc2cnc3ccccc3c2)CC1. The van der Waals surface area contributed by atoms with Gasteiger partial charge in [-0.15, -0.1) is 0 Å². The minimum Gasteiger partial charge on any atom is -0.324 e. The second-order valence-corrected chi connectivity index (χ2v) is 5.48. The van der Waals surface area contributed by atoms with Crippen molar-refractivity contribution in [1.29, 1.82) is 0 Å². The number of amides is 1. The number of hydrogen-bond donors (Lipinski definition) is 1. The molecule has 0 aliphatic carbocycles. The summed E-state index contributed by atoms with van der Waals surface area (Å²) < 4.78 is 0. The van der Waals surface area contributed by atoms with Gasteiger partial charge in [0.1, 0.15) is 0 Å². The van der Waals surface area contributed by atoms with E-state index < -0.39 is 0 Å². The highest BCUT2D eigenvalue weighted by Gasteiger charge is 2.23. The highest BCUT2D eigenvalue weighted by Crippen LogP contribution is 2.20. The van der Waals surface area contributed by atoms with E-state index in [0.29, 0.717) is 0 Å². The molecular formula is C16H19N3O. The summed E-state index contributed by atoms with van der Waals surface area (Å²) in [6.45, 7) is 1.99. The molecule has 20 heavy (non-hydrogen) atoms. The first-order valence-corrected chi connectivity index (χ1v) is 7.06. The van der Waals surface area contributed by atoms with Gasteiger partial charge in [0.2, 0.25) is 5.91 Å². The lowest BCUT2D eigenvalue weighted by atomic mass is 9.96. The van der Waals surface area contributed by atoms with Gasteiger partial charge < -0.3 is 10.2 Å². The maximum atomic E-state index is 12.3. The summed E-state index contributed by atoms with van der Waals surface area (Å²) in [4.78, 5) is 18.9. The molecule has 0 bridgehead atoms. The van der Waals surface area contributed by atoms with Crippen molar-refractivity contribution in [2.45, 2.75) is 12.8 Å². The lowest BCUT2D eigenvalue weighted by Crippen LogP contribution is -2.35. The number of piperidine rings is 1. The quantitative estimate of drug-likeness (QED) is 0.911. The second-order valence-electron chi connectivity index (χ2n) is 5.48. The van der Waals surface area contributed by atoms with Crippen molar-refractivity contribution in [2.75, 3.05) is 25.5 Å². The molecule has 1 N–H and O–H groups in total. The summed E-state index contributed by atoms with van der Waals surface area (Å²) in [5, 5.41) is 4.05. The van der Waals surface area contributed by atoms with Crippen LogP contribution in [0.3, 0.4) is 0 Å². The van der Waals surface area contributed by atoms with E-state index in [9.17, 15) is 4.79 Å². The van der Waals surface area contributed by atoms with Gasteiger partial charge in [-0.2, -0.15) is 0 Å². The minimum absolute atomic E-state index is 0.121. The Labute approximate surface area is 118 Å². The Balaban J connectivity index is 1.71. The number of likely N-dealkylation sites (tertiary alicyclic amines) is 1. The van der Waals surface area contributed by atoms with Crippen molar-refractivity contribution < 1.29 is 4.79 Å². The Morgan fingerprint density at radius 1 is 1.30 bits per heavy atom. The maximum absolute atomic E-state index is 12.3. The van der Waals surface area contributed by atoms with Crippen LogP contribution in [0.1, 0.15) is 12.8 Å². The molecule has 1 amide bonds. The van der Waals surface area contributed by atoms with Crippen LogP contribution in [-0.4, -0.2) is 35.9 Å². The molecule has 1 aromatic heterocycles. The van der Waals surface area contributed by atoms with Crippen molar-refractivity contribution in [3.8, 4) is 0 Å². The van der Waals surface area contributed by atoms with Gasteiger partial charge in [0.05, 0.1) is 17.4 Å². The summed E-state index contributed by atoms with van der Waals surface area (Å²) in [5.74, 6) is 0.243. The van der Waals surface area contributed by atoms with Crippen LogP contribution >= 0.6 is 0 Å². The van der Waals surface area contributed by atoms with Crippen LogP contribution in [0.2, 0.25) is 0 Å². The van der Waals surface area contributed by atoms with Crippen molar-refractivity contribution >= 4 is 22.5 Å². The molecule has 0 saturated carbocycles. The molecule has 1 saturated heterocycles. The minimum atomic E-state index is 0.121. The summed E-state index contributed by atoms with van der Waals surface area (Å²) in [7, 11) is 2.10. The highest BCUT2D eigenvalue weighted by molar-refractivity contribution is 5.94. The average molecular weight is 269 g/mol. The first-order valence-electron chi connectivity index (χ1n) is 7.06. The van der Waals surface area contributed by atoms with Crippen molar-refractivity contribution in [1.82, 2.24) is 9.88 Å². The standard InChI is InChI=1S/C16H19N3O/c1-19-8-6-12(7-9-19)16(20)18-14-10-13-4-2-3-5-15(13)17-11-14/h2-5,10-12H,6-9H2,1H3,(H,18,20). The van der Waals surface area contributed by atoms with E-state index in [1.807, 2.05) is 30.3 Å². The topological polar surface area (TPSA) is 45.2 Å². The van der Waals surface area contributed by atoms with Gasteiger partial charge in [-0.25, -0.2) is 0 Å². The molecule has 4 heteroatoms.